The van der Waals surface area contributed by atoms with Gasteiger partial charge in [0.15, 0.2) is 0 Å². The van der Waals surface area contributed by atoms with E-state index in [-0.39, 0.29) is 17.6 Å². The fourth-order valence-electron chi connectivity index (χ4n) is 3.57. The van der Waals surface area contributed by atoms with Crippen LogP contribution in [0.5, 0.6) is 0 Å². The molecule has 1 atom stereocenters. The number of hydrogen-bond donors (Lipinski definition) is 4. The number of aromatic nitrogens is 2. The smallest absolute Gasteiger partial charge is 0.248 e. The van der Waals surface area contributed by atoms with Gasteiger partial charge in [-0.1, -0.05) is 36.4 Å². The summed E-state index contributed by atoms with van der Waals surface area (Å²) < 4.78 is 0. The van der Waals surface area contributed by atoms with Crippen molar-refractivity contribution in [1.29, 1.82) is 5.41 Å². The predicted octanol–water partition coefficient (Wildman–Crippen LogP) is 2.67. The molecule has 2 aromatic carbocycles. The number of amides is 1. The van der Waals surface area contributed by atoms with E-state index in [2.05, 4.69) is 27.4 Å². The Kier molecular flexibility index (Phi) is 4.49. The topological polar surface area (TPSA) is 131 Å². The van der Waals surface area contributed by atoms with Crippen LogP contribution in [-0.4, -0.2) is 21.6 Å². The molecule has 1 aliphatic rings. The Morgan fingerprint density at radius 3 is 2.54 bits per heavy atom. The molecular weight excluding hydrogens is 352 g/mol. The molecular formula is C21H20N6O. The SMILES string of the molecule is N=C(c1ccc(C(N)=O)cc1)c1c(N)ncnc1NC1CCc2ccccc21. The number of nitrogens with one attached hydrogen (secondary N) is 2. The van der Waals surface area contributed by atoms with Gasteiger partial charge >= 0.3 is 0 Å². The summed E-state index contributed by atoms with van der Waals surface area (Å²) in [6.45, 7) is 0. The van der Waals surface area contributed by atoms with Crippen molar-refractivity contribution in [3.8, 4) is 0 Å². The molecule has 6 N–H and O–H groups in total. The number of primary amides is 1. The number of nitrogens with two attached hydrogens (primary N) is 2. The number of aryl methyl sites for hydroxylation is 1. The molecule has 140 valence electrons. The lowest BCUT2D eigenvalue weighted by Crippen LogP contribution is -2.16. The van der Waals surface area contributed by atoms with Gasteiger partial charge in [0, 0.05) is 11.1 Å². The molecule has 1 aromatic heterocycles. The van der Waals surface area contributed by atoms with Crippen LogP contribution in [-0.2, 0) is 6.42 Å². The number of anilines is 2. The molecule has 1 aliphatic carbocycles. The van der Waals surface area contributed by atoms with Gasteiger partial charge in [-0.2, -0.15) is 0 Å². The number of nitrogens with zero attached hydrogens (tertiary/aromatic N) is 2. The Labute approximate surface area is 162 Å². The van der Waals surface area contributed by atoms with Crippen LogP contribution in [0.2, 0.25) is 0 Å². The number of nitrogen functional groups attached to an aromatic ring is 1. The molecule has 0 saturated heterocycles. The van der Waals surface area contributed by atoms with Crippen molar-refractivity contribution in [2.24, 2.45) is 5.73 Å². The summed E-state index contributed by atoms with van der Waals surface area (Å²) in [4.78, 5) is 19.7. The summed E-state index contributed by atoms with van der Waals surface area (Å²) in [5, 5.41) is 12.1. The molecule has 0 spiro atoms. The monoisotopic (exact) mass is 372 g/mol. The summed E-state index contributed by atoms with van der Waals surface area (Å²) in [5.41, 5.74) is 15.6. The second-order valence-electron chi connectivity index (χ2n) is 6.73. The molecule has 7 heteroatoms. The standard InChI is InChI=1S/C21H20N6O/c22-18(13-5-7-14(8-6-13)20(24)28)17-19(23)25-11-26-21(17)27-16-10-9-12-3-1-2-4-15(12)16/h1-8,11,16,22H,9-10H2,(H2,24,28)(H3,23,25,26,27). The molecule has 28 heavy (non-hydrogen) atoms. The van der Waals surface area contributed by atoms with Crippen LogP contribution in [0, 0.1) is 5.41 Å². The van der Waals surface area contributed by atoms with Crippen LogP contribution in [0.3, 0.4) is 0 Å². The van der Waals surface area contributed by atoms with Crippen molar-refractivity contribution in [3.63, 3.8) is 0 Å². The van der Waals surface area contributed by atoms with E-state index in [1.807, 2.05) is 12.1 Å². The molecule has 0 aliphatic heterocycles. The molecule has 0 radical (unpaired) electrons. The summed E-state index contributed by atoms with van der Waals surface area (Å²) in [6, 6.07) is 14.9. The Morgan fingerprint density at radius 1 is 1.07 bits per heavy atom. The largest absolute Gasteiger partial charge is 0.383 e. The fourth-order valence-corrected chi connectivity index (χ4v) is 3.57. The summed E-state index contributed by atoms with van der Waals surface area (Å²) in [7, 11) is 0. The number of hydrogen-bond acceptors (Lipinski definition) is 6. The zero-order valence-electron chi connectivity index (χ0n) is 15.1. The van der Waals surface area contributed by atoms with E-state index >= 15 is 0 Å². The van der Waals surface area contributed by atoms with E-state index in [9.17, 15) is 4.79 Å². The van der Waals surface area contributed by atoms with Crippen molar-refractivity contribution in [2.75, 3.05) is 11.1 Å². The van der Waals surface area contributed by atoms with E-state index in [1.165, 1.54) is 17.5 Å². The molecule has 7 nitrogen and oxygen atoms in total. The van der Waals surface area contributed by atoms with Crippen molar-refractivity contribution in [3.05, 3.63) is 82.7 Å². The number of benzene rings is 2. The summed E-state index contributed by atoms with van der Waals surface area (Å²) in [6.07, 6.45) is 3.34. The Hall–Kier alpha value is -3.74. The van der Waals surface area contributed by atoms with E-state index in [4.69, 9.17) is 16.9 Å². The lowest BCUT2D eigenvalue weighted by Gasteiger charge is -2.18. The lowest BCUT2D eigenvalue weighted by atomic mass is 10.0. The van der Waals surface area contributed by atoms with Crippen LogP contribution >= 0.6 is 0 Å². The first-order chi connectivity index (χ1) is 13.5. The van der Waals surface area contributed by atoms with Crippen molar-refractivity contribution >= 4 is 23.3 Å². The van der Waals surface area contributed by atoms with Crippen molar-refractivity contribution in [1.82, 2.24) is 9.97 Å². The van der Waals surface area contributed by atoms with E-state index in [0.29, 0.717) is 22.5 Å². The molecule has 1 heterocycles. The first kappa shape index (κ1) is 17.7. The third-order valence-electron chi connectivity index (χ3n) is 5.03. The minimum atomic E-state index is -0.511. The zero-order valence-corrected chi connectivity index (χ0v) is 15.1. The normalized spacial score (nSPS) is 15.1. The first-order valence-corrected chi connectivity index (χ1v) is 8.98. The highest BCUT2D eigenvalue weighted by molar-refractivity contribution is 6.16. The van der Waals surface area contributed by atoms with Gasteiger partial charge in [-0.15, -0.1) is 0 Å². The van der Waals surface area contributed by atoms with Crippen LogP contribution in [0.25, 0.3) is 0 Å². The Morgan fingerprint density at radius 2 is 1.79 bits per heavy atom. The van der Waals surface area contributed by atoms with Crippen LogP contribution in [0.4, 0.5) is 11.6 Å². The van der Waals surface area contributed by atoms with Crippen LogP contribution < -0.4 is 16.8 Å². The maximum absolute atomic E-state index is 11.3. The Bertz CT molecular complexity index is 1060. The van der Waals surface area contributed by atoms with Gasteiger partial charge in [0.1, 0.15) is 18.0 Å². The highest BCUT2D eigenvalue weighted by Gasteiger charge is 2.25. The quantitative estimate of drug-likeness (QED) is 0.511. The minimum absolute atomic E-state index is 0.106. The van der Waals surface area contributed by atoms with Gasteiger partial charge in [-0.25, -0.2) is 9.97 Å². The molecule has 0 saturated carbocycles. The van der Waals surface area contributed by atoms with Gasteiger partial charge in [0.05, 0.1) is 17.3 Å². The molecule has 1 amide bonds. The second-order valence-corrected chi connectivity index (χ2v) is 6.73. The number of carbonyl (C=O) groups is 1. The second kappa shape index (κ2) is 7.11. The average Bonchev–Trinajstić information content (AvgIpc) is 3.11. The third kappa shape index (κ3) is 3.18. The highest BCUT2D eigenvalue weighted by atomic mass is 16.1. The molecule has 1 unspecified atom stereocenters. The molecule has 0 bridgehead atoms. The highest BCUT2D eigenvalue weighted by Crippen LogP contribution is 2.34. The average molecular weight is 372 g/mol. The van der Waals surface area contributed by atoms with Crippen molar-refractivity contribution < 1.29 is 4.79 Å². The zero-order chi connectivity index (χ0) is 19.7. The van der Waals surface area contributed by atoms with Crippen LogP contribution in [0.1, 0.15) is 45.1 Å². The minimum Gasteiger partial charge on any atom is -0.383 e. The predicted molar refractivity (Wildman–Crippen MR) is 108 cm³/mol. The molecule has 4 rings (SSSR count). The van der Waals surface area contributed by atoms with Gasteiger partial charge in [-0.05, 0) is 36.1 Å². The van der Waals surface area contributed by atoms with E-state index in [0.717, 1.165) is 12.8 Å². The maximum atomic E-state index is 11.3. The summed E-state index contributed by atoms with van der Waals surface area (Å²) in [5.74, 6) is 0.244. The number of rotatable bonds is 5. The van der Waals surface area contributed by atoms with Gasteiger partial charge in [-0.3, -0.25) is 10.2 Å². The van der Waals surface area contributed by atoms with Gasteiger partial charge < -0.3 is 16.8 Å². The molecule has 0 fully saturated rings. The maximum Gasteiger partial charge on any atom is 0.248 e. The first-order valence-electron chi connectivity index (χ1n) is 8.98. The Balaban J connectivity index is 1.67. The van der Waals surface area contributed by atoms with Gasteiger partial charge in [0.2, 0.25) is 5.91 Å². The fraction of sp³-hybridized carbons (Fsp3) is 0.143. The number of carbonyl (C=O) groups excluding carboxylic acids is 1. The van der Waals surface area contributed by atoms with E-state index < -0.39 is 5.91 Å². The molecule has 3 aromatic rings. The summed E-state index contributed by atoms with van der Waals surface area (Å²) >= 11 is 0. The lowest BCUT2D eigenvalue weighted by molar-refractivity contribution is 0.100. The number of fused-ring (bicyclic) bond motifs is 1. The third-order valence-corrected chi connectivity index (χ3v) is 5.03. The van der Waals surface area contributed by atoms with Crippen molar-refractivity contribution in [2.45, 2.75) is 18.9 Å². The van der Waals surface area contributed by atoms with Crippen LogP contribution in [0.15, 0.2) is 54.9 Å². The van der Waals surface area contributed by atoms with Gasteiger partial charge in [0.25, 0.3) is 0 Å². The van der Waals surface area contributed by atoms with E-state index in [1.54, 1.807) is 24.3 Å².